The van der Waals surface area contributed by atoms with Gasteiger partial charge < -0.3 is 10.2 Å². The second-order valence-electron chi connectivity index (χ2n) is 8.30. The van der Waals surface area contributed by atoms with Crippen LogP contribution in [-0.4, -0.2) is 56.6 Å². The number of nitrogens with zero attached hydrogens (tertiary/aromatic N) is 4. The van der Waals surface area contributed by atoms with Crippen molar-refractivity contribution in [3.05, 3.63) is 53.6 Å². The van der Waals surface area contributed by atoms with Crippen LogP contribution in [-0.2, 0) is 14.4 Å². The molecular weight excluding hydrogens is 394 g/mol. The Balaban J connectivity index is 1.26. The van der Waals surface area contributed by atoms with Crippen LogP contribution in [0.15, 0.2) is 48.1 Å². The van der Waals surface area contributed by atoms with Crippen molar-refractivity contribution in [1.29, 1.82) is 0 Å². The minimum Gasteiger partial charge on any atom is -0.357 e. The van der Waals surface area contributed by atoms with Gasteiger partial charge in [-0.05, 0) is 56.4 Å². The Morgan fingerprint density at radius 2 is 2.00 bits per heavy atom. The van der Waals surface area contributed by atoms with E-state index in [1.165, 1.54) is 4.90 Å². The van der Waals surface area contributed by atoms with Gasteiger partial charge in [-0.3, -0.25) is 29.3 Å². The van der Waals surface area contributed by atoms with Gasteiger partial charge in [0, 0.05) is 36.1 Å². The molecule has 2 aliphatic heterocycles. The van der Waals surface area contributed by atoms with Crippen molar-refractivity contribution in [2.24, 2.45) is 0 Å². The summed E-state index contributed by atoms with van der Waals surface area (Å²) < 4.78 is 0. The summed E-state index contributed by atoms with van der Waals surface area (Å²) in [5.41, 5.74) is 4.29. The summed E-state index contributed by atoms with van der Waals surface area (Å²) in [5.74, 6) is -0.656. The maximum atomic E-state index is 12.8. The quantitative estimate of drug-likeness (QED) is 0.750. The number of pyridine rings is 2. The molecule has 2 aromatic heterocycles. The van der Waals surface area contributed by atoms with Crippen molar-refractivity contribution in [2.75, 3.05) is 18.4 Å². The zero-order valence-electron chi connectivity index (χ0n) is 17.3. The van der Waals surface area contributed by atoms with Gasteiger partial charge in [-0.2, -0.15) is 0 Å². The highest BCUT2D eigenvalue weighted by Gasteiger charge is 2.48. The molecule has 0 radical (unpaired) electrons. The van der Waals surface area contributed by atoms with Crippen LogP contribution in [0, 0.1) is 6.92 Å². The lowest BCUT2D eigenvalue weighted by molar-refractivity contribution is -0.138. The Hall–Kier alpha value is -3.55. The van der Waals surface area contributed by atoms with E-state index in [4.69, 9.17) is 0 Å². The molecule has 1 N–H and O–H groups in total. The fourth-order valence-corrected chi connectivity index (χ4v) is 4.22. The highest BCUT2D eigenvalue weighted by molar-refractivity contribution is 6.19. The highest BCUT2D eigenvalue weighted by atomic mass is 16.2. The van der Waals surface area contributed by atoms with Crippen LogP contribution in [0.1, 0.15) is 31.2 Å². The largest absolute Gasteiger partial charge is 0.357 e. The summed E-state index contributed by atoms with van der Waals surface area (Å²) in [6, 6.07) is 5.66. The average Bonchev–Trinajstić information content (AvgIpc) is 3.55. The van der Waals surface area contributed by atoms with Gasteiger partial charge >= 0.3 is 0 Å². The van der Waals surface area contributed by atoms with Crippen LogP contribution in [0.4, 0.5) is 5.69 Å². The third-order valence-corrected chi connectivity index (χ3v) is 5.82. The SMILES string of the molecule is Cc1cncc(-c2ccc(NC(=O)CN3CCCC4=C3C(=O)N(C3CC3)C4=O)cn2)c1. The summed E-state index contributed by atoms with van der Waals surface area (Å²) in [6.07, 6.45) is 8.24. The number of aryl methyl sites for hydroxylation is 1. The lowest BCUT2D eigenvalue weighted by Gasteiger charge is -2.28. The molecule has 0 saturated heterocycles. The first-order chi connectivity index (χ1) is 15.0. The molecule has 3 aliphatic rings. The van der Waals surface area contributed by atoms with Gasteiger partial charge in [0.05, 0.1) is 24.1 Å². The van der Waals surface area contributed by atoms with Crippen molar-refractivity contribution in [2.45, 2.75) is 38.6 Å². The Morgan fingerprint density at radius 3 is 2.71 bits per heavy atom. The van der Waals surface area contributed by atoms with Gasteiger partial charge in [0.15, 0.2) is 0 Å². The maximum Gasteiger partial charge on any atom is 0.277 e. The van der Waals surface area contributed by atoms with Crippen molar-refractivity contribution in [3.8, 4) is 11.3 Å². The first-order valence-corrected chi connectivity index (χ1v) is 10.5. The molecule has 4 heterocycles. The maximum absolute atomic E-state index is 12.8. The summed E-state index contributed by atoms with van der Waals surface area (Å²) >= 11 is 0. The van der Waals surface area contributed by atoms with Crippen molar-refractivity contribution in [1.82, 2.24) is 19.8 Å². The topological polar surface area (TPSA) is 95.5 Å². The molecule has 1 aliphatic carbocycles. The number of carbonyl (C=O) groups is 3. The minimum atomic E-state index is -0.245. The molecule has 3 amide bonds. The van der Waals surface area contributed by atoms with Crippen LogP contribution in [0.3, 0.4) is 0 Å². The molecule has 1 saturated carbocycles. The third kappa shape index (κ3) is 3.69. The zero-order valence-corrected chi connectivity index (χ0v) is 17.3. The van der Waals surface area contributed by atoms with Gasteiger partial charge in [0.1, 0.15) is 5.70 Å². The number of amides is 3. The molecule has 8 nitrogen and oxygen atoms in total. The van der Waals surface area contributed by atoms with E-state index in [0.29, 0.717) is 29.9 Å². The molecule has 0 bridgehead atoms. The Labute approximate surface area is 180 Å². The molecular formula is C23H23N5O3. The third-order valence-electron chi connectivity index (χ3n) is 5.82. The zero-order chi connectivity index (χ0) is 21.5. The van der Waals surface area contributed by atoms with E-state index in [0.717, 1.165) is 36.1 Å². The van der Waals surface area contributed by atoms with E-state index >= 15 is 0 Å². The highest BCUT2D eigenvalue weighted by Crippen LogP contribution is 2.38. The number of anilines is 1. The first-order valence-electron chi connectivity index (χ1n) is 10.5. The van der Waals surface area contributed by atoms with E-state index in [1.54, 1.807) is 29.6 Å². The Morgan fingerprint density at radius 1 is 1.16 bits per heavy atom. The summed E-state index contributed by atoms with van der Waals surface area (Å²) in [7, 11) is 0. The Bertz CT molecular complexity index is 1100. The number of imide groups is 1. The normalized spacial score (nSPS) is 18.5. The first kappa shape index (κ1) is 19.4. The van der Waals surface area contributed by atoms with Gasteiger partial charge in [-0.1, -0.05) is 0 Å². The standard InChI is InChI=1S/C23H23N5O3/c1-14-9-15(11-24-10-14)19-7-4-16(12-25-19)26-20(29)13-27-8-2-3-18-21(27)23(31)28(22(18)30)17-5-6-17/h4,7,9-12,17H,2-3,5-6,8,13H2,1H3,(H,26,29). The van der Waals surface area contributed by atoms with Crippen molar-refractivity contribution < 1.29 is 14.4 Å². The number of hydrogen-bond acceptors (Lipinski definition) is 6. The number of carbonyl (C=O) groups excluding carboxylic acids is 3. The van der Waals surface area contributed by atoms with Crippen LogP contribution < -0.4 is 5.32 Å². The van der Waals surface area contributed by atoms with E-state index in [9.17, 15) is 14.4 Å². The monoisotopic (exact) mass is 417 g/mol. The second kappa shape index (κ2) is 7.61. The number of aromatic nitrogens is 2. The summed E-state index contributed by atoms with van der Waals surface area (Å²) in [5, 5.41) is 2.84. The fourth-order valence-electron chi connectivity index (χ4n) is 4.22. The fraction of sp³-hybridized carbons (Fsp3) is 0.348. The van der Waals surface area contributed by atoms with Crippen LogP contribution in [0.2, 0.25) is 0 Å². The molecule has 2 aromatic rings. The van der Waals surface area contributed by atoms with Crippen LogP contribution >= 0.6 is 0 Å². The molecule has 8 heteroatoms. The molecule has 0 aromatic carbocycles. The summed E-state index contributed by atoms with van der Waals surface area (Å²) in [4.78, 5) is 49.9. The molecule has 0 spiro atoms. The molecule has 31 heavy (non-hydrogen) atoms. The van der Waals surface area contributed by atoms with E-state index in [2.05, 4.69) is 15.3 Å². The van der Waals surface area contributed by atoms with Gasteiger partial charge in [-0.25, -0.2) is 0 Å². The van der Waals surface area contributed by atoms with E-state index < -0.39 is 0 Å². The van der Waals surface area contributed by atoms with Gasteiger partial charge in [-0.15, -0.1) is 0 Å². The van der Waals surface area contributed by atoms with Gasteiger partial charge in [0.2, 0.25) is 5.91 Å². The number of hydrogen-bond donors (Lipinski definition) is 1. The average molecular weight is 417 g/mol. The predicted molar refractivity (Wildman–Crippen MR) is 114 cm³/mol. The molecule has 1 fully saturated rings. The van der Waals surface area contributed by atoms with Crippen LogP contribution in [0.5, 0.6) is 0 Å². The Kier molecular flexibility index (Phi) is 4.77. The smallest absolute Gasteiger partial charge is 0.277 e. The lowest BCUT2D eigenvalue weighted by atomic mass is 10.0. The summed E-state index contributed by atoms with van der Waals surface area (Å²) in [6.45, 7) is 2.58. The molecule has 158 valence electrons. The number of rotatable bonds is 5. The number of nitrogens with one attached hydrogen (secondary N) is 1. The molecule has 0 unspecified atom stereocenters. The minimum absolute atomic E-state index is 0.0277. The van der Waals surface area contributed by atoms with Crippen molar-refractivity contribution in [3.63, 3.8) is 0 Å². The molecule has 5 rings (SSSR count). The predicted octanol–water partition coefficient (Wildman–Crippen LogP) is 2.27. The van der Waals surface area contributed by atoms with Gasteiger partial charge in [0.25, 0.3) is 11.8 Å². The van der Waals surface area contributed by atoms with E-state index in [-0.39, 0.29) is 30.3 Å². The lowest BCUT2D eigenvalue weighted by Crippen LogP contribution is -2.40. The van der Waals surface area contributed by atoms with Crippen LogP contribution in [0.25, 0.3) is 11.3 Å². The molecule has 0 atom stereocenters. The second-order valence-corrected chi connectivity index (χ2v) is 8.30. The van der Waals surface area contributed by atoms with E-state index in [1.807, 2.05) is 19.1 Å². The van der Waals surface area contributed by atoms with Crippen molar-refractivity contribution >= 4 is 23.4 Å².